The summed E-state index contributed by atoms with van der Waals surface area (Å²) in [6.07, 6.45) is -1.24. The van der Waals surface area contributed by atoms with Crippen LogP contribution >= 0.6 is 0 Å². The lowest BCUT2D eigenvalue weighted by Crippen LogP contribution is -2.67. The minimum Gasteiger partial charge on any atom is -0.508 e. The first kappa shape index (κ1) is 51.5. The van der Waals surface area contributed by atoms with Gasteiger partial charge in [0.15, 0.2) is 18.9 Å². The topological polar surface area (TPSA) is 287 Å². The molecule has 1 aromatic carbocycles. The number of ether oxygens (including phenoxy) is 7. The standard InChI is InChI=1S/C41H64O14.C9H11NO3/c1-19-36(47)28(42)15-34(50-19)54-38-21(3)52-35(17-30(38)44)55-37-20(2)51-33(16-29(37)43)53-24-8-10-39(4)23(13-24)6-7-26-27(39)14-31(45)40(5)25(9-11-41(26,40)48)22-12-32(46)49-18-22;10-8(9(12)13)5-6-1-3-7(11)4-2-6/h12,19-21,23-31,33-38,42-45,47-48H,6-11,13-18H2,1-5H3;1-4,8,11H,5,10H2,(H,12,13)/t19-,20-,21-,23-,24+,25-,26-,27+,28+,29+,30+,31-,33+,34+,35+,36-,37-,38-,39+,40+,41+;/m1./s1. The maximum absolute atomic E-state index is 12.6. The number of nitrogens with two attached hydrogens (primary N) is 1. The summed E-state index contributed by atoms with van der Waals surface area (Å²) < 4.78 is 42.1. The Morgan fingerprint density at radius 2 is 1.35 bits per heavy atom. The number of carboxylic acids is 1. The van der Waals surface area contributed by atoms with Crippen LogP contribution < -0.4 is 5.73 Å². The van der Waals surface area contributed by atoms with Gasteiger partial charge in [-0.25, -0.2) is 4.79 Å². The summed E-state index contributed by atoms with van der Waals surface area (Å²) in [5.41, 5.74) is 5.23. The van der Waals surface area contributed by atoms with Gasteiger partial charge in [0.2, 0.25) is 0 Å². The molecule has 7 fully saturated rings. The molecule has 1 unspecified atom stereocenters. The van der Waals surface area contributed by atoms with Gasteiger partial charge in [-0.15, -0.1) is 0 Å². The Morgan fingerprint density at radius 3 is 1.91 bits per heavy atom. The van der Waals surface area contributed by atoms with Crippen LogP contribution in [0.15, 0.2) is 35.9 Å². The Balaban J connectivity index is 0.000000417. The van der Waals surface area contributed by atoms with Crippen LogP contribution in [0.25, 0.3) is 0 Å². The average molecular weight is 962 g/mol. The number of esters is 1. The number of aliphatic hydroxyl groups is 6. The van der Waals surface area contributed by atoms with E-state index < -0.39 is 103 Å². The molecule has 382 valence electrons. The van der Waals surface area contributed by atoms with E-state index >= 15 is 0 Å². The van der Waals surface area contributed by atoms with E-state index in [4.69, 9.17) is 49.1 Å². The first-order valence-electron chi connectivity index (χ1n) is 24.8. The van der Waals surface area contributed by atoms with Crippen LogP contribution in [0.1, 0.15) is 111 Å². The minimum atomic E-state index is -1.02. The SMILES string of the molecule is C[C@H]1O[C@@H](O[C@H]2[C@@H](O)C[C@H](O[C@H]3[C@@H](O)C[C@H](O[C@H]4CC[C@@]5(C)[C@H](CC[C@@H]6[C@@H]5C[C@@H](O)[C@]5(C)[C@@H](C7=CC(=O)OC7)CC[C@]65O)C4)O[C@@H]3C)O[C@@H]2C)C[C@H](O)[C@@H]1O.NC(Cc1ccc(O)cc1)C(=O)O. The van der Waals surface area contributed by atoms with Crippen molar-refractivity contribution in [2.45, 2.75) is 209 Å². The molecule has 4 aliphatic carbocycles. The number of aliphatic hydroxyl groups excluding tert-OH is 5. The van der Waals surface area contributed by atoms with Crippen LogP contribution in [0, 0.1) is 34.5 Å². The minimum absolute atomic E-state index is 0.0452. The van der Waals surface area contributed by atoms with E-state index in [1.807, 2.05) is 13.8 Å². The van der Waals surface area contributed by atoms with Crippen molar-refractivity contribution >= 4 is 11.9 Å². The van der Waals surface area contributed by atoms with E-state index in [1.165, 1.54) is 12.1 Å². The number of benzene rings is 1. The lowest BCUT2D eigenvalue weighted by atomic mass is 9.42. The zero-order valence-electron chi connectivity index (χ0n) is 39.9. The highest BCUT2D eigenvalue weighted by molar-refractivity contribution is 5.85. The molecule has 18 heteroatoms. The molecule has 4 heterocycles. The monoisotopic (exact) mass is 962 g/mol. The molecular weight excluding hydrogens is 887 g/mol. The number of aliphatic carboxylic acids is 1. The van der Waals surface area contributed by atoms with Crippen molar-refractivity contribution in [3.05, 3.63) is 41.5 Å². The molecule has 8 aliphatic rings. The second-order valence-electron chi connectivity index (χ2n) is 21.6. The third-order valence-corrected chi connectivity index (χ3v) is 17.7. The van der Waals surface area contributed by atoms with Crippen molar-refractivity contribution in [3.8, 4) is 5.75 Å². The van der Waals surface area contributed by atoms with Crippen molar-refractivity contribution in [2.24, 2.45) is 40.2 Å². The van der Waals surface area contributed by atoms with Crippen LogP contribution in [0.4, 0.5) is 0 Å². The maximum atomic E-state index is 12.6. The molecule has 9 rings (SSSR count). The van der Waals surface area contributed by atoms with E-state index in [1.54, 1.807) is 32.1 Å². The normalized spacial score (nSPS) is 47.3. The highest BCUT2D eigenvalue weighted by Crippen LogP contribution is 2.70. The first-order chi connectivity index (χ1) is 32.1. The van der Waals surface area contributed by atoms with Gasteiger partial charge >= 0.3 is 11.9 Å². The van der Waals surface area contributed by atoms with Crippen LogP contribution in [0.5, 0.6) is 5.75 Å². The van der Waals surface area contributed by atoms with Gasteiger partial charge in [-0.05, 0) is 131 Å². The summed E-state index contributed by atoms with van der Waals surface area (Å²) in [7, 11) is 0. The largest absolute Gasteiger partial charge is 0.508 e. The van der Waals surface area contributed by atoms with Crippen molar-refractivity contribution < 1.29 is 83.6 Å². The second-order valence-corrected chi connectivity index (χ2v) is 21.6. The summed E-state index contributed by atoms with van der Waals surface area (Å²) in [6.45, 7) is 9.90. The molecule has 22 atom stereocenters. The van der Waals surface area contributed by atoms with Crippen molar-refractivity contribution in [1.29, 1.82) is 0 Å². The highest BCUT2D eigenvalue weighted by Gasteiger charge is 2.71. The van der Waals surface area contributed by atoms with E-state index in [0.29, 0.717) is 18.8 Å². The van der Waals surface area contributed by atoms with Gasteiger partial charge < -0.3 is 79.7 Å². The highest BCUT2D eigenvalue weighted by atomic mass is 16.7. The fourth-order valence-corrected chi connectivity index (χ4v) is 13.7. The van der Waals surface area contributed by atoms with E-state index in [9.17, 15) is 40.2 Å². The zero-order chi connectivity index (χ0) is 49.0. The molecule has 0 bridgehead atoms. The van der Waals surface area contributed by atoms with E-state index in [0.717, 1.165) is 49.7 Å². The third kappa shape index (κ3) is 10.0. The molecular formula is C50H75NO17. The molecule has 18 nitrogen and oxygen atoms in total. The lowest BCUT2D eigenvalue weighted by molar-refractivity contribution is -0.336. The van der Waals surface area contributed by atoms with Gasteiger partial charge in [-0.2, -0.15) is 0 Å². The summed E-state index contributed by atoms with van der Waals surface area (Å²) in [5, 5.41) is 84.3. The Morgan fingerprint density at radius 1 is 0.765 bits per heavy atom. The number of cyclic esters (lactones) is 1. The zero-order valence-corrected chi connectivity index (χ0v) is 39.9. The van der Waals surface area contributed by atoms with Gasteiger partial charge in [0.05, 0.1) is 54.4 Å². The summed E-state index contributed by atoms with van der Waals surface area (Å²) >= 11 is 0. The molecule has 68 heavy (non-hydrogen) atoms. The molecule has 10 N–H and O–H groups in total. The lowest BCUT2D eigenvalue weighted by Gasteiger charge is -2.65. The number of rotatable bonds is 10. The number of phenolic OH excluding ortho intramolecular Hbond substituents is 1. The molecule has 4 aliphatic heterocycles. The van der Waals surface area contributed by atoms with Crippen LogP contribution in [-0.4, -0.2) is 157 Å². The number of aromatic hydroxyl groups is 1. The first-order valence-corrected chi connectivity index (χ1v) is 24.8. The maximum Gasteiger partial charge on any atom is 0.331 e. The average Bonchev–Trinajstić information content (AvgIpc) is 3.83. The van der Waals surface area contributed by atoms with Gasteiger partial charge in [0.1, 0.15) is 36.7 Å². The fourth-order valence-electron chi connectivity index (χ4n) is 13.7. The van der Waals surface area contributed by atoms with Crippen LogP contribution in [0.3, 0.4) is 0 Å². The van der Waals surface area contributed by atoms with Crippen molar-refractivity contribution in [1.82, 2.24) is 0 Å². The van der Waals surface area contributed by atoms with Gasteiger partial charge in [0, 0.05) is 30.8 Å². The Hall–Kier alpha value is -2.82. The molecule has 4 saturated carbocycles. The smallest absolute Gasteiger partial charge is 0.331 e. The summed E-state index contributed by atoms with van der Waals surface area (Å²) in [4.78, 5) is 22.3. The molecule has 0 amide bonds. The Kier molecular flexibility index (Phi) is 15.4. The fraction of sp³-hybridized carbons (Fsp3) is 0.800. The number of hydrogen-bond donors (Lipinski definition) is 9. The second kappa shape index (κ2) is 20.4. The number of carbonyl (C=O) groups excluding carboxylic acids is 1. The third-order valence-electron chi connectivity index (χ3n) is 17.7. The molecule has 3 saturated heterocycles. The van der Waals surface area contributed by atoms with E-state index in [2.05, 4.69) is 6.92 Å². The molecule has 0 aromatic heterocycles. The number of carboxylic acid groups (broad SMARTS) is 1. The van der Waals surface area contributed by atoms with Gasteiger partial charge in [0.25, 0.3) is 0 Å². The van der Waals surface area contributed by atoms with Crippen molar-refractivity contribution in [2.75, 3.05) is 6.61 Å². The number of hydrogen-bond acceptors (Lipinski definition) is 17. The Bertz CT molecular complexity index is 1920. The molecule has 1 aromatic rings. The predicted octanol–water partition coefficient (Wildman–Crippen LogP) is 2.56. The Labute approximate surface area is 398 Å². The van der Waals surface area contributed by atoms with E-state index in [-0.39, 0.29) is 73.3 Å². The predicted molar refractivity (Wildman–Crippen MR) is 240 cm³/mol. The summed E-state index contributed by atoms with van der Waals surface area (Å²) in [6, 6.07) is 5.42. The van der Waals surface area contributed by atoms with Crippen molar-refractivity contribution in [3.63, 3.8) is 0 Å². The van der Waals surface area contributed by atoms with Crippen LogP contribution in [-0.2, 0) is 49.2 Å². The van der Waals surface area contributed by atoms with Gasteiger partial charge in [-0.1, -0.05) is 26.0 Å². The molecule has 0 radical (unpaired) electrons. The summed E-state index contributed by atoms with van der Waals surface area (Å²) in [5.74, 6) is -0.656. The molecule has 0 spiro atoms. The van der Waals surface area contributed by atoms with Crippen LogP contribution in [0.2, 0.25) is 0 Å². The number of carbonyl (C=O) groups is 2. The number of phenols is 1. The number of fused-ring (bicyclic) bond motifs is 5. The van der Waals surface area contributed by atoms with Gasteiger partial charge in [-0.3, -0.25) is 4.79 Å². The quantitative estimate of drug-likeness (QED) is 0.120.